The number of carbonyl (C=O) groups is 1. The van der Waals surface area contributed by atoms with Crippen molar-refractivity contribution >= 4 is 23.1 Å². The molecule has 18 heavy (non-hydrogen) atoms. The van der Waals surface area contributed by atoms with Crippen molar-refractivity contribution in [1.82, 2.24) is 14.8 Å². The van der Waals surface area contributed by atoms with Crippen molar-refractivity contribution in [3.8, 4) is 0 Å². The second-order valence-electron chi connectivity index (χ2n) is 4.08. The lowest BCUT2D eigenvalue weighted by molar-refractivity contribution is 0.0996. The van der Waals surface area contributed by atoms with Gasteiger partial charge < -0.3 is 0 Å². The van der Waals surface area contributed by atoms with Crippen molar-refractivity contribution in [2.45, 2.75) is 19.8 Å². The average Bonchev–Trinajstić information content (AvgIpc) is 2.97. The summed E-state index contributed by atoms with van der Waals surface area (Å²) in [6.45, 7) is 2.10. The Morgan fingerprint density at radius 3 is 2.94 bits per heavy atom. The number of hydrogen-bond donors (Lipinski definition) is 0. The molecule has 2 rings (SSSR count). The number of aryl methyl sites for hydroxylation is 2. The molecular weight excluding hydrogens is 248 g/mol. The van der Waals surface area contributed by atoms with Crippen LogP contribution in [0.25, 0.3) is 0 Å². The SMILES string of the molecule is CCCc1ncc(C(=O)N(C)c2ccn(C)n2)s1. The number of carbonyl (C=O) groups excluding carboxylic acids is 1. The Morgan fingerprint density at radius 2 is 2.33 bits per heavy atom. The molecule has 0 saturated heterocycles. The zero-order valence-corrected chi connectivity index (χ0v) is 11.6. The summed E-state index contributed by atoms with van der Waals surface area (Å²) in [5.41, 5.74) is 0. The van der Waals surface area contributed by atoms with Crippen LogP contribution in [0.4, 0.5) is 5.82 Å². The molecule has 0 N–H and O–H groups in total. The lowest BCUT2D eigenvalue weighted by Crippen LogP contribution is -2.25. The smallest absolute Gasteiger partial charge is 0.270 e. The Labute approximate surface area is 110 Å². The molecular formula is C12H16N4OS. The molecule has 2 aromatic heterocycles. The summed E-state index contributed by atoms with van der Waals surface area (Å²) in [4.78, 5) is 18.7. The maximum Gasteiger partial charge on any atom is 0.270 e. The highest BCUT2D eigenvalue weighted by Crippen LogP contribution is 2.18. The molecule has 0 aliphatic heterocycles. The number of nitrogens with zero attached hydrogens (tertiary/aromatic N) is 4. The molecule has 0 fully saturated rings. The van der Waals surface area contributed by atoms with Gasteiger partial charge >= 0.3 is 0 Å². The van der Waals surface area contributed by atoms with Crippen LogP contribution < -0.4 is 4.90 Å². The van der Waals surface area contributed by atoms with E-state index in [0.29, 0.717) is 10.7 Å². The van der Waals surface area contributed by atoms with Crippen LogP contribution in [0, 0.1) is 0 Å². The van der Waals surface area contributed by atoms with Gasteiger partial charge in [0, 0.05) is 26.4 Å². The predicted molar refractivity (Wildman–Crippen MR) is 72.1 cm³/mol. The van der Waals surface area contributed by atoms with E-state index in [1.54, 1.807) is 22.8 Å². The van der Waals surface area contributed by atoms with Crippen molar-refractivity contribution in [1.29, 1.82) is 0 Å². The summed E-state index contributed by atoms with van der Waals surface area (Å²) in [6, 6.07) is 1.81. The summed E-state index contributed by atoms with van der Waals surface area (Å²) in [5, 5.41) is 5.22. The summed E-state index contributed by atoms with van der Waals surface area (Å²) in [6.07, 6.45) is 5.42. The fraction of sp³-hybridized carbons (Fsp3) is 0.417. The highest BCUT2D eigenvalue weighted by Gasteiger charge is 2.17. The largest absolute Gasteiger partial charge is 0.294 e. The monoisotopic (exact) mass is 264 g/mol. The number of hydrogen-bond acceptors (Lipinski definition) is 4. The van der Waals surface area contributed by atoms with E-state index < -0.39 is 0 Å². The molecule has 2 aromatic rings. The van der Waals surface area contributed by atoms with Gasteiger partial charge in [0.15, 0.2) is 5.82 Å². The Balaban J connectivity index is 2.14. The Bertz CT molecular complexity index is 546. The quantitative estimate of drug-likeness (QED) is 0.849. The van der Waals surface area contributed by atoms with Crippen LogP contribution in [0.5, 0.6) is 0 Å². The minimum absolute atomic E-state index is 0.0615. The predicted octanol–water partition coefficient (Wildman–Crippen LogP) is 2.11. The minimum atomic E-state index is -0.0615. The molecule has 0 unspecified atom stereocenters. The Kier molecular flexibility index (Phi) is 3.76. The number of amides is 1. The molecule has 0 aliphatic rings. The van der Waals surface area contributed by atoms with Crippen molar-refractivity contribution < 1.29 is 4.79 Å². The summed E-state index contributed by atoms with van der Waals surface area (Å²) >= 11 is 1.46. The van der Waals surface area contributed by atoms with E-state index in [4.69, 9.17) is 0 Å². The molecule has 0 saturated carbocycles. The fourth-order valence-corrected chi connectivity index (χ4v) is 2.58. The highest BCUT2D eigenvalue weighted by atomic mass is 32.1. The topological polar surface area (TPSA) is 51.0 Å². The van der Waals surface area contributed by atoms with Crippen LogP contribution in [0.15, 0.2) is 18.5 Å². The molecule has 0 aromatic carbocycles. The third kappa shape index (κ3) is 2.59. The van der Waals surface area contributed by atoms with E-state index in [-0.39, 0.29) is 5.91 Å². The van der Waals surface area contributed by atoms with Gasteiger partial charge in [0.05, 0.1) is 11.2 Å². The first-order valence-corrected chi connectivity index (χ1v) is 6.66. The van der Waals surface area contributed by atoms with Gasteiger partial charge in [0.25, 0.3) is 5.91 Å². The number of thiazole rings is 1. The molecule has 5 nitrogen and oxygen atoms in total. The molecule has 6 heteroatoms. The maximum atomic E-state index is 12.2. The van der Waals surface area contributed by atoms with Crippen LogP contribution in [0.1, 0.15) is 28.0 Å². The molecule has 0 bridgehead atoms. The molecule has 96 valence electrons. The zero-order valence-electron chi connectivity index (χ0n) is 10.8. The van der Waals surface area contributed by atoms with E-state index >= 15 is 0 Å². The molecule has 2 heterocycles. The lowest BCUT2D eigenvalue weighted by Gasteiger charge is -2.12. The number of rotatable bonds is 4. The van der Waals surface area contributed by atoms with E-state index in [2.05, 4.69) is 17.0 Å². The third-order valence-corrected chi connectivity index (χ3v) is 3.62. The summed E-state index contributed by atoms with van der Waals surface area (Å²) in [7, 11) is 3.55. The highest BCUT2D eigenvalue weighted by molar-refractivity contribution is 7.13. The molecule has 1 amide bonds. The fourth-order valence-electron chi connectivity index (χ4n) is 1.59. The van der Waals surface area contributed by atoms with Crippen LogP contribution in [-0.4, -0.2) is 27.7 Å². The lowest BCUT2D eigenvalue weighted by atomic mass is 10.4. The van der Waals surface area contributed by atoms with Crippen LogP contribution >= 0.6 is 11.3 Å². The normalized spacial score (nSPS) is 10.6. The molecule has 0 aliphatic carbocycles. The van der Waals surface area contributed by atoms with E-state index in [0.717, 1.165) is 17.8 Å². The number of anilines is 1. The van der Waals surface area contributed by atoms with Crippen molar-refractivity contribution in [3.63, 3.8) is 0 Å². The van der Waals surface area contributed by atoms with Crippen LogP contribution in [0.3, 0.4) is 0 Å². The third-order valence-electron chi connectivity index (χ3n) is 2.58. The van der Waals surface area contributed by atoms with Crippen LogP contribution in [-0.2, 0) is 13.5 Å². The first-order chi connectivity index (χ1) is 8.61. The van der Waals surface area contributed by atoms with Gasteiger partial charge in [-0.3, -0.25) is 14.4 Å². The van der Waals surface area contributed by atoms with E-state index in [1.807, 2.05) is 19.3 Å². The van der Waals surface area contributed by atoms with Crippen molar-refractivity contribution in [2.75, 3.05) is 11.9 Å². The summed E-state index contributed by atoms with van der Waals surface area (Å²) in [5.74, 6) is 0.585. The molecule has 0 spiro atoms. The van der Waals surface area contributed by atoms with Crippen molar-refractivity contribution in [3.05, 3.63) is 28.3 Å². The maximum absolute atomic E-state index is 12.2. The van der Waals surface area contributed by atoms with E-state index in [9.17, 15) is 4.79 Å². The number of aromatic nitrogens is 3. The second-order valence-corrected chi connectivity index (χ2v) is 5.20. The average molecular weight is 264 g/mol. The molecule has 0 atom stereocenters. The van der Waals surface area contributed by atoms with Gasteiger partial charge in [-0.1, -0.05) is 6.92 Å². The second kappa shape index (κ2) is 5.30. The minimum Gasteiger partial charge on any atom is -0.294 e. The van der Waals surface area contributed by atoms with Crippen LogP contribution in [0.2, 0.25) is 0 Å². The first-order valence-electron chi connectivity index (χ1n) is 5.84. The molecule has 0 radical (unpaired) electrons. The van der Waals surface area contributed by atoms with Crippen molar-refractivity contribution in [2.24, 2.45) is 7.05 Å². The zero-order chi connectivity index (χ0) is 13.1. The van der Waals surface area contributed by atoms with Gasteiger partial charge in [-0.25, -0.2) is 4.98 Å². The first kappa shape index (κ1) is 12.8. The van der Waals surface area contributed by atoms with Gasteiger partial charge in [0.2, 0.25) is 0 Å². The standard InChI is InChI=1S/C12H16N4OS/c1-4-5-11-13-8-9(18-11)12(17)16(3)10-6-7-15(2)14-10/h6-8H,4-5H2,1-3H3. The van der Waals surface area contributed by atoms with Gasteiger partial charge in [-0.05, 0) is 12.8 Å². The van der Waals surface area contributed by atoms with E-state index in [1.165, 1.54) is 11.3 Å². The van der Waals surface area contributed by atoms with Gasteiger partial charge in [-0.2, -0.15) is 5.10 Å². The Hall–Kier alpha value is -1.69. The van der Waals surface area contributed by atoms with Gasteiger partial charge in [-0.15, -0.1) is 11.3 Å². The van der Waals surface area contributed by atoms with Gasteiger partial charge in [0.1, 0.15) is 4.88 Å². The summed E-state index contributed by atoms with van der Waals surface area (Å²) < 4.78 is 1.67. The Morgan fingerprint density at radius 1 is 1.56 bits per heavy atom.